The second-order valence-corrected chi connectivity index (χ2v) is 12.6. The van der Waals surface area contributed by atoms with E-state index in [9.17, 15) is 18.0 Å². The molecule has 0 atom stereocenters. The molecule has 0 spiro atoms. The molecule has 0 saturated heterocycles. The normalized spacial score (nSPS) is 11.8. The number of halogens is 1. The van der Waals surface area contributed by atoms with Crippen molar-refractivity contribution < 1.29 is 17.9 Å². The molecule has 0 aliphatic carbocycles. The second kappa shape index (κ2) is 11.1. The number of thioether (sulfide) groups is 1. The van der Waals surface area contributed by atoms with Gasteiger partial charge < -0.3 is 4.74 Å². The number of thiophene rings is 1. The van der Waals surface area contributed by atoms with Gasteiger partial charge in [0.15, 0.2) is 5.16 Å². The zero-order valence-electron chi connectivity index (χ0n) is 20.6. The summed E-state index contributed by atoms with van der Waals surface area (Å²) < 4.78 is 30.7. The van der Waals surface area contributed by atoms with Crippen molar-refractivity contribution in [2.24, 2.45) is 5.14 Å². The molecule has 0 aliphatic rings. The van der Waals surface area contributed by atoms with E-state index in [1.165, 1.54) is 31.0 Å². The van der Waals surface area contributed by atoms with Crippen LogP contribution in [-0.2, 0) is 33.5 Å². The summed E-state index contributed by atoms with van der Waals surface area (Å²) in [4.78, 5) is 30.5. The van der Waals surface area contributed by atoms with E-state index >= 15 is 0 Å². The number of primary sulfonamides is 1. The largest absolute Gasteiger partial charge is 0.465 e. The minimum atomic E-state index is -3.79. The summed E-state index contributed by atoms with van der Waals surface area (Å²) in [7, 11) is -2.49. The van der Waals surface area contributed by atoms with Crippen LogP contribution < -0.4 is 10.7 Å². The molecule has 0 unspecified atom stereocenters. The number of esters is 1. The lowest BCUT2D eigenvalue weighted by Crippen LogP contribution is -2.24. The minimum absolute atomic E-state index is 0.0246. The van der Waals surface area contributed by atoms with Gasteiger partial charge in [-0.25, -0.2) is 23.3 Å². The van der Waals surface area contributed by atoms with Crippen LogP contribution in [0.4, 0.5) is 0 Å². The highest BCUT2D eigenvalue weighted by Crippen LogP contribution is 2.33. The number of nitrogens with zero attached hydrogens (tertiary/aromatic N) is 2. The van der Waals surface area contributed by atoms with Crippen LogP contribution in [0.1, 0.15) is 21.5 Å². The highest BCUT2D eigenvalue weighted by atomic mass is 35.5. The molecular weight excluding hydrogens is 578 g/mol. The third-order valence-corrected chi connectivity index (χ3v) is 9.39. The maximum absolute atomic E-state index is 13.6. The van der Waals surface area contributed by atoms with Crippen molar-refractivity contribution in [1.29, 1.82) is 0 Å². The summed E-state index contributed by atoms with van der Waals surface area (Å²) >= 11 is 9.27. The molecule has 39 heavy (non-hydrogen) atoms. The van der Waals surface area contributed by atoms with E-state index in [4.69, 9.17) is 26.5 Å². The van der Waals surface area contributed by atoms with E-state index in [2.05, 4.69) is 5.38 Å². The highest BCUT2D eigenvalue weighted by Gasteiger charge is 2.16. The minimum Gasteiger partial charge on any atom is -0.465 e. The van der Waals surface area contributed by atoms with Gasteiger partial charge in [-0.15, -0.1) is 11.3 Å². The Morgan fingerprint density at radius 3 is 2.59 bits per heavy atom. The molecule has 200 valence electrons. The quantitative estimate of drug-likeness (QED) is 0.147. The third-order valence-electron chi connectivity index (χ3n) is 6.19. The van der Waals surface area contributed by atoms with Crippen LogP contribution in [0.2, 0.25) is 5.02 Å². The first kappa shape index (κ1) is 27.4. The Morgan fingerprint density at radius 1 is 1.10 bits per heavy atom. The SMILES string of the molecule is COC(=O)c1ccc2c(=O)n(CCc3ccc(S(N)(=O)=O)cc3)c(SCc3csc4ccc(Cl)cc34)nc2c1. The number of hydrogen-bond acceptors (Lipinski definition) is 8. The summed E-state index contributed by atoms with van der Waals surface area (Å²) in [6.07, 6.45) is 0.461. The number of carbonyl (C=O) groups is 1. The molecular formula is C27H22ClN3O5S3. The van der Waals surface area contributed by atoms with Gasteiger partial charge in [-0.2, -0.15) is 0 Å². The van der Waals surface area contributed by atoms with Gasteiger partial charge >= 0.3 is 5.97 Å². The lowest BCUT2D eigenvalue weighted by atomic mass is 10.1. The second-order valence-electron chi connectivity index (χ2n) is 8.70. The summed E-state index contributed by atoms with van der Waals surface area (Å²) in [5.74, 6) is 0.0412. The van der Waals surface area contributed by atoms with Gasteiger partial charge in [0.25, 0.3) is 5.56 Å². The van der Waals surface area contributed by atoms with Crippen molar-refractivity contribution in [2.75, 3.05) is 7.11 Å². The first-order valence-electron chi connectivity index (χ1n) is 11.7. The number of aromatic nitrogens is 2. The standard InChI is InChI=1S/C27H22ClN3O5S3/c1-36-26(33)17-4-8-21-23(12-17)30-27(38-15-18-14-37-24-9-5-19(28)13-22(18)24)31(25(21)32)11-10-16-2-6-20(7-3-16)39(29,34)35/h2-9,12-14H,10-11,15H2,1H3,(H2,29,34,35). The molecule has 2 heterocycles. The Labute approximate surface area is 237 Å². The van der Waals surface area contributed by atoms with Gasteiger partial charge in [-0.3, -0.25) is 9.36 Å². The lowest BCUT2D eigenvalue weighted by molar-refractivity contribution is 0.0601. The van der Waals surface area contributed by atoms with Gasteiger partial charge in [0, 0.05) is 22.0 Å². The molecule has 0 fully saturated rings. The average Bonchev–Trinajstić information content (AvgIpc) is 3.32. The topological polar surface area (TPSA) is 121 Å². The van der Waals surface area contributed by atoms with E-state index < -0.39 is 16.0 Å². The first-order valence-corrected chi connectivity index (χ1v) is 15.5. The molecule has 0 amide bonds. The zero-order valence-corrected chi connectivity index (χ0v) is 23.8. The van der Waals surface area contributed by atoms with Crippen molar-refractivity contribution in [2.45, 2.75) is 28.8 Å². The van der Waals surface area contributed by atoms with Crippen molar-refractivity contribution in [3.05, 3.63) is 98.1 Å². The van der Waals surface area contributed by atoms with Crippen LogP contribution in [0.25, 0.3) is 21.0 Å². The van der Waals surface area contributed by atoms with Gasteiger partial charge in [0.1, 0.15) is 0 Å². The van der Waals surface area contributed by atoms with Crippen LogP contribution in [0.5, 0.6) is 0 Å². The molecule has 12 heteroatoms. The van der Waals surface area contributed by atoms with E-state index in [0.29, 0.717) is 45.4 Å². The predicted octanol–water partition coefficient (Wildman–Crippen LogP) is 5.23. The Hall–Kier alpha value is -3.22. The number of benzene rings is 3. The van der Waals surface area contributed by atoms with E-state index in [-0.39, 0.29) is 10.5 Å². The number of methoxy groups -OCH3 is 1. The molecule has 0 bridgehead atoms. The predicted molar refractivity (Wildman–Crippen MR) is 155 cm³/mol. The summed E-state index contributed by atoms with van der Waals surface area (Å²) in [5, 5.41) is 9.85. The third kappa shape index (κ3) is 5.87. The summed E-state index contributed by atoms with van der Waals surface area (Å²) in [5.41, 5.74) is 2.38. The molecule has 0 radical (unpaired) electrons. The smallest absolute Gasteiger partial charge is 0.337 e. The van der Waals surface area contributed by atoms with Crippen molar-refractivity contribution in [3.63, 3.8) is 0 Å². The van der Waals surface area contributed by atoms with Crippen LogP contribution in [-0.4, -0.2) is 31.0 Å². The van der Waals surface area contributed by atoms with Crippen molar-refractivity contribution in [1.82, 2.24) is 9.55 Å². The monoisotopic (exact) mass is 599 g/mol. The lowest BCUT2D eigenvalue weighted by Gasteiger charge is -2.14. The van der Waals surface area contributed by atoms with Crippen LogP contribution in [0, 0.1) is 0 Å². The van der Waals surface area contributed by atoms with Gasteiger partial charge in [0.2, 0.25) is 10.0 Å². The molecule has 0 saturated carbocycles. The molecule has 5 rings (SSSR count). The fourth-order valence-corrected chi connectivity index (χ4v) is 6.90. The molecule has 2 aromatic heterocycles. The number of nitrogens with two attached hydrogens (primary N) is 1. The van der Waals surface area contributed by atoms with Crippen molar-refractivity contribution in [3.8, 4) is 0 Å². The average molecular weight is 600 g/mol. The van der Waals surface area contributed by atoms with Gasteiger partial charge in [0.05, 0.1) is 28.5 Å². The number of ether oxygens (including phenoxy) is 1. The number of carbonyl (C=O) groups excluding carboxylic acids is 1. The van der Waals surface area contributed by atoms with E-state index in [1.807, 2.05) is 18.2 Å². The van der Waals surface area contributed by atoms with Crippen LogP contribution >= 0.6 is 34.7 Å². The number of rotatable bonds is 8. The zero-order chi connectivity index (χ0) is 27.7. The summed E-state index contributed by atoms with van der Waals surface area (Å²) in [6.45, 7) is 0.313. The Morgan fingerprint density at radius 2 is 1.87 bits per heavy atom. The van der Waals surface area contributed by atoms with Crippen molar-refractivity contribution >= 4 is 71.7 Å². The number of sulfonamides is 1. The Balaban J connectivity index is 1.51. The van der Waals surface area contributed by atoms with E-state index in [0.717, 1.165) is 21.2 Å². The first-order chi connectivity index (χ1) is 18.6. The fraction of sp³-hybridized carbons (Fsp3) is 0.148. The maximum Gasteiger partial charge on any atom is 0.337 e. The Bertz CT molecular complexity index is 1880. The number of hydrogen-bond donors (Lipinski definition) is 1. The number of aryl methyl sites for hydroxylation is 1. The highest BCUT2D eigenvalue weighted by molar-refractivity contribution is 7.98. The maximum atomic E-state index is 13.6. The van der Waals surface area contributed by atoms with Gasteiger partial charge in [-0.05, 0) is 76.8 Å². The van der Waals surface area contributed by atoms with E-state index in [1.54, 1.807) is 46.2 Å². The molecule has 0 aliphatic heterocycles. The van der Waals surface area contributed by atoms with Gasteiger partial charge in [-0.1, -0.05) is 35.5 Å². The van der Waals surface area contributed by atoms with Crippen LogP contribution in [0.3, 0.4) is 0 Å². The van der Waals surface area contributed by atoms with Crippen LogP contribution in [0.15, 0.2) is 80.9 Å². The molecule has 8 nitrogen and oxygen atoms in total. The molecule has 2 N–H and O–H groups in total. The Kier molecular flexibility index (Phi) is 7.79. The summed E-state index contributed by atoms with van der Waals surface area (Å²) in [6, 6.07) is 16.7. The number of fused-ring (bicyclic) bond motifs is 2. The molecule has 3 aromatic carbocycles. The molecule has 5 aromatic rings. The fourth-order valence-electron chi connectivity index (χ4n) is 4.15.